The van der Waals surface area contributed by atoms with Gasteiger partial charge < -0.3 is 10.1 Å². The maximum Gasteiger partial charge on any atom is 0.150 e. The molecule has 1 aliphatic carbocycles. The van der Waals surface area contributed by atoms with Crippen molar-refractivity contribution in [2.45, 2.75) is 32.2 Å². The lowest BCUT2D eigenvalue weighted by molar-refractivity contribution is 0.338. The van der Waals surface area contributed by atoms with Crippen molar-refractivity contribution in [1.29, 1.82) is 0 Å². The van der Waals surface area contributed by atoms with Crippen LogP contribution < -0.4 is 10.1 Å². The Bertz CT molecular complexity index is 554. The molecule has 0 spiro atoms. The van der Waals surface area contributed by atoms with Crippen molar-refractivity contribution in [3.8, 4) is 5.75 Å². The molecule has 1 unspecified atom stereocenters. The van der Waals surface area contributed by atoms with E-state index < -0.39 is 9.84 Å². The molecule has 0 aromatic heterocycles. The number of nitrogens with one attached hydrogen (secondary N) is 1. The Morgan fingerprint density at radius 2 is 2.20 bits per heavy atom. The third-order valence-electron chi connectivity index (χ3n) is 3.58. The van der Waals surface area contributed by atoms with Gasteiger partial charge in [-0.1, -0.05) is 19.1 Å². The van der Waals surface area contributed by atoms with Crippen LogP contribution >= 0.6 is 0 Å². The van der Waals surface area contributed by atoms with Crippen molar-refractivity contribution in [1.82, 2.24) is 5.32 Å². The van der Waals surface area contributed by atoms with Gasteiger partial charge in [0.1, 0.15) is 12.4 Å². The summed E-state index contributed by atoms with van der Waals surface area (Å²) in [4.78, 5) is 0. The van der Waals surface area contributed by atoms with Crippen LogP contribution in [-0.4, -0.2) is 33.6 Å². The minimum atomic E-state index is -2.97. The molecular weight excluding hydrogens is 274 g/mol. The van der Waals surface area contributed by atoms with Gasteiger partial charge >= 0.3 is 0 Å². The van der Waals surface area contributed by atoms with Gasteiger partial charge in [0.25, 0.3) is 0 Å². The second-order valence-corrected chi connectivity index (χ2v) is 7.61. The Morgan fingerprint density at radius 1 is 1.40 bits per heavy atom. The van der Waals surface area contributed by atoms with Crippen molar-refractivity contribution >= 4 is 9.84 Å². The minimum Gasteiger partial charge on any atom is -0.492 e. The minimum absolute atomic E-state index is 0.0637. The summed E-state index contributed by atoms with van der Waals surface area (Å²) < 4.78 is 27.9. The van der Waals surface area contributed by atoms with Gasteiger partial charge in [-0.3, -0.25) is 0 Å². The number of ether oxygens (including phenoxy) is 1. The molecule has 0 fully saturated rings. The van der Waals surface area contributed by atoms with E-state index >= 15 is 0 Å². The first-order valence-corrected chi connectivity index (χ1v) is 9.23. The predicted octanol–water partition coefficient (Wildman–Crippen LogP) is 2.10. The molecule has 0 saturated carbocycles. The molecule has 5 heteroatoms. The predicted molar refractivity (Wildman–Crippen MR) is 81.0 cm³/mol. The first kappa shape index (κ1) is 15.3. The molecule has 1 aliphatic rings. The molecule has 0 bridgehead atoms. The van der Waals surface area contributed by atoms with Crippen LogP contribution in [0.4, 0.5) is 0 Å². The first-order valence-electron chi connectivity index (χ1n) is 7.17. The monoisotopic (exact) mass is 297 g/mol. The van der Waals surface area contributed by atoms with Crippen LogP contribution in [0.2, 0.25) is 0 Å². The van der Waals surface area contributed by atoms with E-state index in [1.165, 1.54) is 17.4 Å². The molecule has 1 aromatic carbocycles. The normalized spacial score (nSPS) is 18.0. The summed E-state index contributed by atoms with van der Waals surface area (Å²) in [5.74, 6) is 0.903. The summed E-state index contributed by atoms with van der Waals surface area (Å²) in [6, 6.07) is 6.46. The van der Waals surface area contributed by atoms with E-state index in [1.54, 1.807) is 0 Å². The zero-order valence-electron chi connectivity index (χ0n) is 12.2. The fourth-order valence-electron chi connectivity index (χ4n) is 2.59. The van der Waals surface area contributed by atoms with E-state index in [0.717, 1.165) is 31.6 Å². The number of sulfone groups is 1. The molecule has 2 rings (SSSR count). The van der Waals surface area contributed by atoms with Gasteiger partial charge in [-0.05, 0) is 43.0 Å². The Labute approximate surface area is 121 Å². The summed E-state index contributed by atoms with van der Waals surface area (Å²) in [6.07, 6.45) is 4.43. The highest BCUT2D eigenvalue weighted by atomic mass is 32.2. The zero-order valence-corrected chi connectivity index (χ0v) is 13.0. The summed E-state index contributed by atoms with van der Waals surface area (Å²) in [5, 5.41) is 3.54. The van der Waals surface area contributed by atoms with Gasteiger partial charge in [0.05, 0.1) is 5.75 Å². The van der Waals surface area contributed by atoms with Gasteiger partial charge in [0.2, 0.25) is 0 Å². The number of benzene rings is 1. The van der Waals surface area contributed by atoms with Gasteiger partial charge in [0.15, 0.2) is 9.84 Å². The highest BCUT2D eigenvalue weighted by molar-refractivity contribution is 7.90. The lowest BCUT2D eigenvalue weighted by atomic mass is 10.1. The van der Waals surface area contributed by atoms with Gasteiger partial charge in [0, 0.05) is 12.3 Å². The number of hydrogen-bond acceptors (Lipinski definition) is 4. The standard InChI is InChI=1S/C15H23NO3S/c1-3-9-16-14-8-7-13-12(14)5-4-6-15(13)19-10-11-20(2,17)18/h4-6,14,16H,3,7-11H2,1-2H3. The molecular formula is C15H23NO3S. The summed E-state index contributed by atoms with van der Waals surface area (Å²) in [5.41, 5.74) is 2.53. The van der Waals surface area contributed by atoms with Crippen molar-refractivity contribution in [2.24, 2.45) is 0 Å². The van der Waals surface area contributed by atoms with Crippen LogP contribution in [0, 0.1) is 0 Å². The van der Waals surface area contributed by atoms with E-state index in [9.17, 15) is 8.42 Å². The highest BCUT2D eigenvalue weighted by Crippen LogP contribution is 2.36. The third-order valence-corrected chi connectivity index (χ3v) is 4.49. The number of fused-ring (bicyclic) bond motifs is 1. The van der Waals surface area contributed by atoms with Gasteiger partial charge in [-0.25, -0.2) is 8.42 Å². The summed E-state index contributed by atoms with van der Waals surface area (Å²) in [7, 11) is -2.97. The van der Waals surface area contributed by atoms with Crippen molar-refractivity contribution in [2.75, 3.05) is 25.2 Å². The van der Waals surface area contributed by atoms with Crippen LogP contribution in [0.3, 0.4) is 0 Å². The molecule has 20 heavy (non-hydrogen) atoms. The van der Waals surface area contributed by atoms with Crippen molar-refractivity contribution in [3.05, 3.63) is 29.3 Å². The summed E-state index contributed by atoms with van der Waals surface area (Å²) in [6.45, 7) is 3.40. The molecule has 0 radical (unpaired) electrons. The molecule has 4 nitrogen and oxygen atoms in total. The van der Waals surface area contributed by atoms with Crippen molar-refractivity contribution < 1.29 is 13.2 Å². The maximum absolute atomic E-state index is 11.1. The molecule has 1 N–H and O–H groups in total. The van der Waals surface area contributed by atoms with Crippen LogP contribution in [0.5, 0.6) is 5.75 Å². The Morgan fingerprint density at radius 3 is 2.90 bits per heavy atom. The fraction of sp³-hybridized carbons (Fsp3) is 0.600. The molecule has 112 valence electrons. The Balaban J connectivity index is 2.04. The van der Waals surface area contributed by atoms with E-state index in [2.05, 4.69) is 18.3 Å². The molecule has 0 heterocycles. The fourth-order valence-corrected chi connectivity index (χ4v) is 2.98. The van der Waals surface area contributed by atoms with E-state index in [1.807, 2.05) is 12.1 Å². The smallest absolute Gasteiger partial charge is 0.150 e. The number of rotatable bonds is 7. The Hall–Kier alpha value is -1.07. The first-order chi connectivity index (χ1) is 9.51. The molecule has 1 atom stereocenters. The quantitative estimate of drug-likeness (QED) is 0.837. The van der Waals surface area contributed by atoms with Crippen molar-refractivity contribution in [3.63, 3.8) is 0 Å². The average Bonchev–Trinajstić information content (AvgIpc) is 2.79. The van der Waals surface area contributed by atoms with Gasteiger partial charge in [-0.2, -0.15) is 0 Å². The van der Waals surface area contributed by atoms with E-state index in [0.29, 0.717) is 6.04 Å². The SMILES string of the molecule is CCCNC1CCc2c(OCCS(C)(=O)=O)cccc21. The van der Waals surface area contributed by atoms with E-state index in [4.69, 9.17) is 4.74 Å². The zero-order chi connectivity index (χ0) is 14.6. The van der Waals surface area contributed by atoms with Crippen LogP contribution in [-0.2, 0) is 16.3 Å². The maximum atomic E-state index is 11.1. The van der Waals surface area contributed by atoms with E-state index in [-0.39, 0.29) is 12.4 Å². The molecule has 0 aliphatic heterocycles. The highest BCUT2D eigenvalue weighted by Gasteiger charge is 2.24. The molecule has 1 aromatic rings. The molecule has 0 amide bonds. The second kappa shape index (κ2) is 6.59. The lowest BCUT2D eigenvalue weighted by Crippen LogP contribution is -2.19. The van der Waals surface area contributed by atoms with Crippen LogP contribution in [0.25, 0.3) is 0 Å². The second-order valence-electron chi connectivity index (χ2n) is 5.35. The average molecular weight is 297 g/mol. The largest absolute Gasteiger partial charge is 0.492 e. The van der Waals surface area contributed by atoms with Crippen LogP contribution in [0.15, 0.2) is 18.2 Å². The number of hydrogen-bond donors (Lipinski definition) is 1. The van der Waals surface area contributed by atoms with Crippen LogP contribution in [0.1, 0.15) is 36.9 Å². The molecule has 0 saturated heterocycles. The topological polar surface area (TPSA) is 55.4 Å². The summed E-state index contributed by atoms with van der Waals surface area (Å²) >= 11 is 0. The third kappa shape index (κ3) is 3.96. The lowest BCUT2D eigenvalue weighted by Gasteiger charge is -2.14. The Kier molecular flexibility index (Phi) is 5.05. The van der Waals surface area contributed by atoms with Gasteiger partial charge in [-0.15, -0.1) is 0 Å².